The Morgan fingerprint density at radius 3 is 2.44 bits per heavy atom. The Morgan fingerprint density at radius 1 is 1.09 bits per heavy atom. The van der Waals surface area contributed by atoms with Crippen molar-refractivity contribution < 1.29 is 14.6 Å². The lowest BCUT2D eigenvalue weighted by Gasteiger charge is -2.24. The molecule has 34 heavy (non-hydrogen) atoms. The van der Waals surface area contributed by atoms with E-state index in [0.717, 1.165) is 30.4 Å². The predicted molar refractivity (Wildman–Crippen MR) is 129 cm³/mol. The lowest BCUT2D eigenvalue weighted by atomic mass is 9.94. The van der Waals surface area contributed by atoms with E-state index in [4.69, 9.17) is 4.74 Å². The minimum Gasteiger partial charge on any atom is -0.497 e. The average Bonchev–Trinajstić information content (AvgIpc) is 2.82. The summed E-state index contributed by atoms with van der Waals surface area (Å²) in [6.07, 6.45) is 2.16. The number of aromatic nitrogens is 3. The summed E-state index contributed by atoms with van der Waals surface area (Å²) in [6.45, 7) is 3.34. The molecule has 0 fully saturated rings. The minimum absolute atomic E-state index is 0.297. The van der Waals surface area contributed by atoms with Crippen LogP contribution in [0.3, 0.4) is 0 Å². The summed E-state index contributed by atoms with van der Waals surface area (Å²) in [4.78, 5) is 25.7. The van der Waals surface area contributed by atoms with Gasteiger partial charge < -0.3 is 15.2 Å². The number of aryl methyl sites for hydroxylation is 1. The highest BCUT2D eigenvalue weighted by Gasteiger charge is 2.26. The molecule has 0 saturated carbocycles. The second-order valence-electron chi connectivity index (χ2n) is 8.40. The zero-order chi connectivity index (χ0) is 24.5. The van der Waals surface area contributed by atoms with Gasteiger partial charge in [-0.25, -0.2) is 0 Å². The van der Waals surface area contributed by atoms with Crippen molar-refractivity contribution >= 4 is 5.91 Å². The zero-order valence-corrected chi connectivity index (χ0v) is 19.8. The van der Waals surface area contributed by atoms with E-state index in [9.17, 15) is 14.7 Å². The molecule has 0 bridgehead atoms. The standard InChI is InChI=1S/C26H32N4O4/c1-18(31)23(11-7-10-20-8-5-4-6-9-20)26(33)28-19(2)30-24(29-27-17-25(30)32)16-21-12-14-22(34-3)15-13-21/h4-6,8-9,12-15,17-19,23,31H,7,10-11,16H2,1-3H3,(H,28,33). The summed E-state index contributed by atoms with van der Waals surface area (Å²) in [5.74, 6) is 0.289. The Balaban J connectivity index is 1.69. The quantitative estimate of drug-likeness (QED) is 0.452. The molecule has 0 aliphatic heterocycles. The predicted octanol–water partition coefficient (Wildman–Crippen LogP) is 2.89. The minimum atomic E-state index is -0.811. The van der Waals surface area contributed by atoms with Crippen molar-refractivity contribution in [2.24, 2.45) is 5.92 Å². The lowest BCUT2D eigenvalue weighted by molar-refractivity contribution is -0.129. The summed E-state index contributed by atoms with van der Waals surface area (Å²) in [6, 6.07) is 17.5. The van der Waals surface area contributed by atoms with E-state index >= 15 is 0 Å². The van der Waals surface area contributed by atoms with Gasteiger partial charge in [-0.05, 0) is 56.4 Å². The van der Waals surface area contributed by atoms with Crippen LogP contribution in [-0.4, -0.2) is 39.0 Å². The molecule has 0 aliphatic carbocycles. The fourth-order valence-electron chi connectivity index (χ4n) is 3.98. The average molecular weight is 465 g/mol. The molecule has 0 radical (unpaired) electrons. The molecule has 2 aromatic carbocycles. The summed E-state index contributed by atoms with van der Waals surface area (Å²) in [7, 11) is 1.60. The zero-order valence-electron chi connectivity index (χ0n) is 19.8. The fourth-order valence-corrected chi connectivity index (χ4v) is 3.98. The van der Waals surface area contributed by atoms with E-state index in [2.05, 4.69) is 15.5 Å². The van der Waals surface area contributed by atoms with Gasteiger partial charge in [0.15, 0.2) is 0 Å². The van der Waals surface area contributed by atoms with Crippen LogP contribution in [0.15, 0.2) is 65.6 Å². The number of nitrogens with one attached hydrogen (secondary N) is 1. The van der Waals surface area contributed by atoms with Gasteiger partial charge in [-0.1, -0.05) is 42.5 Å². The largest absolute Gasteiger partial charge is 0.497 e. The van der Waals surface area contributed by atoms with Crippen LogP contribution < -0.4 is 15.6 Å². The molecule has 3 unspecified atom stereocenters. The molecule has 0 aliphatic rings. The third-order valence-electron chi connectivity index (χ3n) is 5.86. The van der Waals surface area contributed by atoms with Crippen LogP contribution in [0.4, 0.5) is 0 Å². The number of rotatable bonds is 11. The van der Waals surface area contributed by atoms with Crippen LogP contribution >= 0.6 is 0 Å². The Morgan fingerprint density at radius 2 is 1.79 bits per heavy atom. The molecule has 8 nitrogen and oxygen atoms in total. The van der Waals surface area contributed by atoms with Crippen molar-refractivity contribution in [3.05, 3.63) is 88.1 Å². The van der Waals surface area contributed by atoms with Gasteiger partial charge >= 0.3 is 0 Å². The number of aliphatic hydroxyl groups excluding tert-OH is 1. The van der Waals surface area contributed by atoms with Crippen molar-refractivity contribution in [2.45, 2.75) is 51.8 Å². The smallest absolute Gasteiger partial charge is 0.273 e. The summed E-state index contributed by atoms with van der Waals surface area (Å²) in [5, 5.41) is 21.1. The van der Waals surface area contributed by atoms with E-state index in [1.807, 2.05) is 54.6 Å². The number of methoxy groups -OCH3 is 1. The number of hydrogen-bond donors (Lipinski definition) is 2. The number of carbonyl (C=O) groups excluding carboxylic acids is 1. The van der Waals surface area contributed by atoms with Crippen LogP contribution in [0, 0.1) is 5.92 Å². The Bertz CT molecular complexity index is 1110. The highest BCUT2D eigenvalue weighted by molar-refractivity contribution is 5.79. The third kappa shape index (κ3) is 6.74. The number of carbonyl (C=O) groups is 1. The van der Waals surface area contributed by atoms with E-state index in [-0.39, 0.29) is 11.5 Å². The van der Waals surface area contributed by atoms with Gasteiger partial charge in [0.2, 0.25) is 5.91 Å². The normalized spacial score (nSPS) is 13.6. The first-order chi connectivity index (χ1) is 16.4. The number of hydrogen-bond acceptors (Lipinski definition) is 6. The summed E-state index contributed by atoms with van der Waals surface area (Å²) < 4.78 is 6.62. The second kappa shape index (κ2) is 12.1. The Kier molecular flexibility index (Phi) is 8.93. The maximum atomic E-state index is 13.0. The van der Waals surface area contributed by atoms with Gasteiger partial charge in [0.1, 0.15) is 23.9 Å². The highest BCUT2D eigenvalue weighted by atomic mass is 16.5. The first-order valence-electron chi connectivity index (χ1n) is 11.5. The van der Waals surface area contributed by atoms with Gasteiger partial charge in [0.05, 0.1) is 19.1 Å². The van der Waals surface area contributed by atoms with Crippen molar-refractivity contribution in [2.75, 3.05) is 7.11 Å². The van der Waals surface area contributed by atoms with Crippen molar-refractivity contribution in [3.63, 3.8) is 0 Å². The summed E-state index contributed by atoms with van der Waals surface area (Å²) >= 11 is 0. The highest BCUT2D eigenvalue weighted by Crippen LogP contribution is 2.17. The number of benzene rings is 2. The number of ether oxygens (including phenoxy) is 1. The molecule has 1 amide bonds. The fraction of sp³-hybridized carbons (Fsp3) is 0.385. The second-order valence-corrected chi connectivity index (χ2v) is 8.40. The molecular formula is C26H32N4O4. The monoisotopic (exact) mass is 464 g/mol. The lowest BCUT2D eigenvalue weighted by Crippen LogP contribution is -2.43. The molecule has 1 aromatic heterocycles. The van der Waals surface area contributed by atoms with Crippen molar-refractivity contribution in [1.82, 2.24) is 20.1 Å². The van der Waals surface area contributed by atoms with Crippen molar-refractivity contribution in [1.29, 1.82) is 0 Å². The van der Waals surface area contributed by atoms with E-state index in [1.54, 1.807) is 21.0 Å². The maximum absolute atomic E-state index is 13.0. The van der Waals surface area contributed by atoms with Crippen LogP contribution in [-0.2, 0) is 17.6 Å². The first kappa shape index (κ1) is 25.1. The molecule has 0 saturated heterocycles. The summed E-state index contributed by atoms with van der Waals surface area (Å²) in [5.41, 5.74) is 1.76. The molecule has 1 heterocycles. The van der Waals surface area contributed by atoms with Crippen LogP contribution in [0.5, 0.6) is 5.75 Å². The maximum Gasteiger partial charge on any atom is 0.273 e. The Labute approximate surface area is 199 Å². The van der Waals surface area contributed by atoms with Gasteiger partial charge in [-0.3, -0.25) is 14.2 Å². The molecule has 3 atom stereocenters. The number of nitrogens with zero attached hydrogens (tertiary/aromatic N) is 3. The van der Waals surface area contributed by atoms with Crippen LogP contribution in [0.1, 0.15) is 49.8 Å². The topological polar surface area (TPSA) is 106 Å². The molecule has 3 rings (SSSR count). The van der Waals surface area contributed by atoms with Gasteiger partial charge in [0, 0.05) is 6.42 Å². The van der Waals surface area contributed by atoms with Crippen LogP contribution in [0.25, 0.3) is 0 Å². The van der Waals surface area contributed by atoms with Crippen molar-refractivity contribution in [3.8, 4) is 5.75 Å². The third-order valence-corrected chi connectivity index (χ3v) is 5.86. The first-order valence-corrected chi connectivity index (χ1v) is 11.5. The molecule has 180 valence electrons. The van der Waals surface area contributed by atoms with Gasteiger partial charge in [-0.15, -0.1) is 5.10 Å². The van der Waals surface area contributed by atoms with E-state index in [1.165, 1.54) is 10.1 Å². The van der Waals surface area contributed by atoms with E-state index in [0.29, 0.717) is 18.7 Å². The van der Waals surface area contributed by atoms with Gasteiger partial charge in [0.25, 0.3) is 5.56 Å². The number of amides is 1. The molecule has 3 aromatic rings. The molecular weight excluding hydrogens is 432 g/mol. The molecule has 0 spiro atoms. The van der Waals surface area contributed by atoms with E-state index < -0.39 is 18.2 Å². The Hall–Kier alpha value is -3.52. The molecule has 8 heteroatoms. The number of aliphatic hydroxyl groups is 1. The van der Waals surface area contributed by atoms with Gasteiger partial charge in [-0.2, -0.15) is 5.10 Å². The van der Waals surface area contributed by atoms with Crippen LogP contribution in [0.2, 0.25) is 0 Å². The SMILES string of the molecule is COc1ccc(Cc2nncc(=O)n2C(C)NC(=O)C(CCCc2ccccc2)C(C)O)cc1. The molecule has 2 N–H and O–H groups in total.